The predicted octanol–water partition coefficient (Wildman–Crippen LogP) is 3.63. The monoisotopic (exact) mass is 294 g/mol. The molecule has 0 saturated carbocycles. The molecule has 112 valence electrons. The summed E-state index contributed by atoms with van der Waals surface area (Å²) in [6.45, 7) is 6.09. The van der Waals surface area contributed by atoms with Gasteiger partial charge in [0.05, 0.1) is 5.69 Å². The summed E-state index contributed by atoms with van der Waals surface area (Å²) >= 11 is 0. The molecule has 0 aliphatic rings. The van der Waals surface area contributed by atoms with Crippen LogP contribution in [0.5, 0.6) is 0 Å². The van der Waals surface area contributed by atoms with Gasteiger partial charge in [0.1, 0.15) is 5.52 Å². The molecule has 5 nitrogen and oxygen atoms in total. The Bertz CT molecular complexity index is 776. The van der Waals surface area contributed by atoms with Crippen molar-refractivity contribution in [2.45, 2.75) is 13.8 Å². The van der Waals surface area contributed by atoms with Gasteiger partial charge in [-0.1, -0.05) is 18.2 Å². The fourth-order valence-electron chi connectivity index (χ4n) is 2.49. The third kappa shape index (κ3) is 2.70. The summed E-state index contributed by atoms with van der Waals surface area (Å²) in [5.74, 6) is 0. The molecule has 0 aliphatic carbocycles. The number of aromatic nitrogens is 3. The van der Waals surface area contributed by atoms with Gasteiger partial charge in [0.25, 0.3) is 0 Å². The average molecular weight is 294 g/mol. The summed E-state index contributed by atoms with van der Waals surface area (Å²) in [6.07, 6.45) is 7.60. The summed E-state index contributed by atoms with van der Waals surface area (Å²) in [7, 11) is 0. The van der Waals surface area contributed by atoms with E-state index < -0.39 is 0 Å². The van der Waals surface area contributed by atoms with Crippen LogP contribution in [-0.4, -0.2) is 28.4 Å². The number of pyridine rings is 1. The second-order valence-electron chi connectivity index (χ2n) is 4.92. The van der Waals surface area contributed by atoms with Gasteiger partial charge in [-0.3, -0.25) is 4.98 Å². The number of fused-ring (bicyclic) bond motifs is 1. The van der Waals surface area contributed by atoms with Crippen molar-refractivity contribution in [1.29, 1.82) is 0 Å². The molecule has 2 aromatic heterocycles. The van der Waals surface area contributed by atoms with Crippen LogP contribution in [0.1, 0.15) is 25.0 Å². The van der Waals surface area contributed by atoms with Crippen molar-refractivity contribution < 1.29 is 4.63 Å². The highest BCUT2D eigenvalue weighted by Crippen LogP contribution is 2.28. The topological polar surface area (TPSA) is 55.1 Å². The van der Waals surface area contributed by atoms with Crippen molar-refractivity contribution in [2.75, 3.05) is 18.0 Å². The molecule has 0 radical (unpaired) electrons. The van der Waals surface area contributed by atoms with E-state index in [0.717, 1.165) is 40.9 Å². The van der Waals surface area contributed by atoms with Crippen LogP contribution in [0.3, 0.4) is 0 Å². The molecule has 1 aromatic carbocycles. The van der Waals surface area contributed by atoms with Gasteiger partial charge in [-0.05, 0) is 47.9 Å². The van der Waals surface area contributed by atoms with E-state index in [0.29, 0.717) is 0 Å². The zero-order valence-corrected chi connectivity index (χ0v) is 12.7. The van der Waals surface area contributed by atoms with Crippen molar-refractivity contribution in [3.05, 3.63) is 47.8 Å². The third-order valence-corrected chi connectivity index (χ3v) is 3.69. The first-order valence-corrected chi connectivity index (χ1v) is 7.41. The van der Waals surface area contributed by atoms with E-state index in [9.17, 15) is 0 Å². The number of nitrogens with zero attached hydrogens (tertiary/aromatic N) is 4. The van der Waals surface area contributed by atoms with Gasteiger partial charge in [-0.15, -0.1) is 0 Å². The minimum absolute atomic E-state index is 0.787. The number of rotatable bonds is 5. The van der Waals surface area contributed by atoms with E-state index in [1.54, 1.807) is 12.4 Å². The van der Waals surface area contributed by atoms with Gasteiger partial charge in [0.15, 0.2) is 5.52 Å². The second-order valence-corrected chi connectivity index (χ2v) is 4.92. The van der Waals surface area contributed by atoms with Gasteiger partial charge in [0, 0.05) is 31.0 Å². The first kappa shape index (κ1) is 14.3. The van der Waals surface area contributed by atoms with Crippen LogP contribution >= 0.6 is 0 Å². The Morgan fingerprint density at radius 2 is 1.68 bits per heavy atom. The van der Waals surface area contributed by atoms with E-state index in [-0.39, 0.29) is 0 Å². The SMILES string of the molecule is CCN(CC)c1ccc(/C=C/c2ccncc2)c2nonc12. The van der Waals surface area contributed by atoms with Crippen molar-refractivity contribution in [2.24, 2.45) is 0 Å². The zero-order valence-electron chi connectivity index (χ0n) is 12.7. The van der Waals surface area contributed by atoms with Gasteiger partial charge in [-0.25, -0.2) is 4.63 Å². The molecule has 0 aliphatic heterocycles. The maximum atomic E-state index is 4.97. The molecule has 5 heteroatoms. The molecule has 3 aromatic rings. The molecular formula is C17H18N4O. The molecule has 3 rings (SSSR count). The van der Waals surface area contributed by atoms with E-state index in [1.165, 1.54) is 0 Å². The molecule has 0 fully saturated rings. The van der Waals surface area contributed by atoms with Gasteiger partial charge < -0.3 is 4.90 Å². The van der Waals surface area contributed by atoms with E-state index in [4.69, 9.17) is 4.63 Å². The van der Waals surface area contributed by atoms with Crippen LogP contribution in [0, 0.1) is 0 Å². The molecule has 0 atom stereocenters. The summed E-state index contributed by atoms with van der Waals surface area (Å²) in [6, 6.07) is 8.04. The quantitative estimate of drug-likeness (QED) is 0.719. The van der Waals surface area contributed by atoms with E-state index in [1.807, 2.05) is 24.3 Å². The first-order valence-electron chi connectivity index (χ1n) is 7.41. The van der Waals surface area contributed by atoms with Crippen LogP contribution in [0.15, 0.2) is 41.3 Å². The van der Waals surface area contributed by atoms with Crippen LogP contribution in [-0.2, 0) is 0 Å². The molecular weight excluding hydrogens is 276 g/mol. The largest absolute Gasteiger partial charge is 0.370 e. The van der Waals surface area contributed by atoms with Crippen molar-refractivity contribution >= 4 is 28.9 Å². The third-order valence-electron chi connectivity index (χ3n) is 3.69. The fraction of sp³-hybridized carbons (Fsp3) is 0.235. The highest BCUT2D eigenvalue weighted by Gasteiger charge is 2.13. The molecule has 0 bridgehead atoms. The lowest BCUT2D eigenvalue weighted by Gasteiger charge is -2.20. The summed E-state index contributed by atoms with van der Waals surface area (Å²) in [5, 5.41) is 8.15. The smallest absolute Gasteiger partial charge is 0.159 e. The predicted molar refractivity (Wildman–Crippen MR) is 88.5 cm³/mol. The van der Waals surface area contributed by atoms with Crippen LogP contribution in [0.4, 0.5) is 5.69 Å². The minimum Gasteiger partial charge on any atom is -0.370 e. The van der Waals surface area contributed by atoms with Crippen molar-refractivity contribution in [1.82, 2.24) is 15.3 Å². The fourth-order valence-corrected chi connectivity index (χ4v) is 2.49. The number of hydrogen-bond donors (Lipinski definition) is 0. The van der Waals surface area contributed by atoms with Crippen LogP contribution in [0.25, 0.3) is 23.2 Å². The van der Waals surface area contributed by atoms with E-state index >= 15 is 0 Å². The molecule has 0 saturated heterocycles. The zero-order chi connectivity index (χ0) is 15.4. The molecule has 22 heavy (non-hydrogen) atoms. The van der Waals surface area contributed by atoms with Gasteiger partial charge in [0.2, 0.25) is 0 Å². The van der Waals surface area contributed by atoms with Crippen molar-refractivity contribution in [3.8, 4) is 0 Å². The number of anilines is 1. The maximum Gasteiger partial charge on any atom is 0.159 e. The molecule has 0 unspecified atom stereocenters. The lowest BCUT2D eigenvalue weighted by molar-refractivity contribution is 0.315. The summed E-state index contributed by atoms with van der Waals surface area (Å²) in [5.41, 5.74) is 4.73. The van der Waals surface area contributed by atoms with Gasteiger partial charge >= 0.3 is 0 Å². The normalized spacial score (nSPS) is 11.4. The summed E-state index contributed by atoms with van der Waals surface area (Å²) < 4.78 is 4.97. The Morgan fingerprint density at radius 1 is 0.955 bits per heavy atom. The molecule has 0 N–H and O–H groups in total. The Morgan fingerprint density at radius 3 is 2.41 bits per heavy atom. The van der Waals surface area contributed by atoms with Crippen LogP contribution in [0.2, 0.25) is 0 Å². The lowest BCUT2D eigenvalue weighted by Crippen LogP contribution is -2.22. The van der Waals surface area contributed by atoms with Gasteiger partial charge in [-0.2, -0.15) is 0 Å². The number of benzene rings is 1. The maximum absolute atomic E-state index is 4.97. The highest BCUT2D eigenvalue weighted by molar-refractivity contribution is 5.95. The average Bonchev–Trinajstić information content (AvgIpc) is 3.06. The lowest BCUT2D eigenvalue weighted by atomic mass is 10.1. The Hall–Kier alpha value is -2.69. The molecule has 0 spiro atoms. The highest BCUT2D eigenvalue weighted by atomic mass is 16.6. The van der Waals surface area contributed by atoms with Crippen LogP contribution < -0.4 is 4.90 Å². The first-order chi connectivity index (χ1) is 10.8. The van der Waals surface area contributed by atoms with Crippen molar-refractivity contribution in [3.63, 3.8) is 0 Å². The minimum atomic E-state index is 0.787. The molecule has 2 heterocycles. The number of hydrogen-bond acceptors (Lipinski definition) is 5. The Kier molecular flexibility index (Phi) is 4.14. The second kappa shape index (κ2) is 6.39. The standard InChI is InChI=1S/C17H18N4O/c1-3-21(4-2)15-8-7-14(16-17(15)20-22-19-16)6-5-13-9-11-18-12-10-13/h5-12H,3-4H2,1-2H3/b6-5+. The Balaban J connectivity index is 2.01. The van der Waals surface area contributed by atoms with E-state index in [2.05, 4.69) is 46.2 Å². The molecule has 0 amide bonds. The Labute approximate surface area is 129 Å². The summed E-state index contributed by atoms with van der Waals surface area (Å²) in [4.78, 5) is 6.25.